The highest BCUT2D eigenvalue weighted by Crippen LogP contribution is 2.30. The van der Waals surface area contributed by atoms with Crippen LogP contribution in [0.5, 0.6) is 0 Å². The monoisotopic (exact) mass is 333 g/mol. The minimum absolute atomic E-state index is 0.00454. The van der Waals surface area contributed by atoms with E-state index in [0.717, 1.165) is 11.1 Å². The fraction of sp³-hybridized carbons (Fsp3) is 0.579. The number of carboxylic acids is 1. The number of aliphatic carboxylic acids is 1. The number of amides is 1. The first kappa shape index (κ1) is 18.3. The van der Waals surface area contributed by atoms with E-state index in [-0.39, 0.29) is 12.0 Å². The second-order valence-electron chi connectivity index (χ2n) is 8.40. The van der Waals surface area contributed by atoms with E-state index in [0.29, 0.717) is 6.42 Å². The molecule has 1 aromatic carbocycles. The average Bonchev–Trinajstić information content (AvgIpc) is 2.42. The molecular weight excluding hydrogens is 306 g/mol. The predicted molar refractivity (Wildman–Crippen MR) is 92.0 cm³/mol. The number of hydrogen-bond acceptors (Lipinski definition) is 3. The maximum Gasteiger partial charge on any atom is 0.411 e. The van der Waals surface area contributed by atoms with Crippen molar-refractivity contribution in [2.24, 2.45) is 0 Å². The smallest absolute Gasteiger partial charge is 0.411 e. The molecule has 0 saturated heterocycles. The van der Waals surface area contributed by atoms with Gasteiger partial charge in [-0.25, -0.2) is 9.59 Å². The van der Waals surface area contributed by atoms with Crippen LogP contribution in [-0.4, -0.2) is 33.7 Å². The molecule has 0 aromatic heterocycles. The van der Waals surface area contributed by atoms with Crippen molar-refractivity contribution in [2.75, 3.05) is 0 Å². The fourth-order valence-electron chi connectivity index (χ4n) is 2.78. The molecule has 1 N–H and O–H groups in total. The zero-order valence-electron chi connectivity index (χ0n) is 15.3. The number of fused-ring (bicyclic) bond motifs is 1. The first-order valence-corrected chi connectivity index (χ1v) is 8.23. The van der Waals surface area contributed by atoms with Crippen molar-refractivity contribution in [2.45, 2.75) is 71.6 Å². The Morgan fingerprint density at radius 1 is 1.12 bits per heavy atom. The van der Waals surface area contributed by atoms with Crippen LogP contribution >= 0.6 is 0 Å². The molecule has 0 bridgehead atoms. The fourth-order valence-corrected chi connectivity index (χ4v) is 2.78. The quantitative estimate of drug-likeness (QED) is 0.850. The minimum atomic E-state index is -1.01. The first-order chi connectivity index (χ1) is 10.9. The summed E-state index contributed by atoms with van der Waals surface area (Å²) in [5, 5.41) is 9.52. The van der Waals surface area contributed by atoms with Crippen LogP contribution in [0, 0.1) is 0 Å². The molecule has 0 saturated carbocycles. The van der Waals surface area contributed by atoms with E-state index in [4.69, 9.17) is 4.74 Å². The van der Waals surface area contributed by atoms with Gasteiger partial charge in [0, 0.05) is 6.42 Å². The summed E-state index contributed by atoms with van der Waals surface area (Å²) in [4.78, 5) is 25.4. The zero-order chi connectivity index (χ0) is 18.3. The maximum absolute atomic E-state index is 12.5. The highest BCUT2D eigenvalue weighted by Gasteiger charge is 2.37. The molecule has 5 nitrogen and oxygen atoms in total. The van der Waals surface area contributed by atoms with Crippen LogP contribution in [0.25, 0.3) is 0 Å². The molecule has 1 aliphatic rings. The highest BCUT2D eigenvalue weighted by molar-refractivity contribution is 5.81. The zero-order valence-corrected chi connectivity index (χ0v) is 15.3. The van der Waals surface area contributed by atoms with Gasteiger partial charge in [0.15, 0.2) is 0 Å². The van der Waals surface area contributed by atoms with Crippen molar-refractivity contribution in [1.29, 1.82) is 0 Å². The normalized spacial score (nSPS) is 18.1. The van der Waals surface area contributed by atoms with E-state index in [9.17, 15) is 14.7 Å². The number of rotatable bonds is 1. The second kappa shape index (κ2) is 6.11. The second-order valence-corrected chi connectivity index (χ2v) is 8.40. The van der Waals surface area contributed by atoms with Gasteiger partial charge in [0.25, 0.3) is 0 Å². The summed E-state index contributed by atoms with van der Waals surface area (Å²) < 4.78 is 5.39. The van der Waals surface area contributed by atoms with Crippen molar-refractivity contribution >= 4 is 12.1 Å². The van der Waals surface area contributed by atoms with E-state index in [2.05, 4.69) is 26.8 Å². The van der Waals surface area contributed by atoms with Crippen LogP contribution in [0.4, 0.5) is 4.79 Å². The van der Waals surface area contributed by atoms with Crippen LogP contribution in [-0.2, 0) is 27.9 Å². The SMILES string of the molecule is CC(C)(C)OC(=O)N1Cc2cc(C(C)(C)C)ccc2CC1C(=O)O. The third-order valence-corrected chi connectivity index (χ3v) is 4.12. The lowest BCUT2D eigenvalue weighted by Crippen LogP contribution is -2.50. The van der Waals surface area contributed by atoms with E-state index in [1.807, 2.05) is 12.1 Å². The van der Waals surface area contributed by atoms with Crippen molar-refractivity contribution in [3.63, 3.8) is 0 Å². The summed E-state index contributed by atoms with van der Waals surface area (Å²) in [6, 6.07) is 5.21. The van der Waals surface area contributed by atoms with Gasteiger partial charge in [-0.3, -0.25) is 4.90 Å². The summed E-state index contributed by atoms with van der Waals surface area (Å²) >= 11 is 0. The number of carbonyl (C=O) groups excluding carboxylic acids is 1. The Hall–Kier alpha value is -2.04. The molecule has 1 aromatic rings. The van der Waals surface area contributed by atoms with Gasteiger partial charge in [0.2, 0.25) is 0 Å². The van der Waals surface area contributed by atoms with Gasteiger partial charge in [0.1, 0.15) is 11.6 Å². The molecule has 1 atom stereocenters. The number of carboxylic acid groups (broad SMARTS) is 1. The number of nitrogens with zero attached hydrogens (tertiary/aromatic N) is 1. The lowest BCUT2D eigenvalue weighted by Gasteiger charge is -2.36. The number of carbonyl (C=O) groups is 2. The molecule has 24 heavy (non-hydrogen) atoms. The van der Waals surface area contributed by atoms with Crippen molar-refractivity contribution in [3.8, 4) is 0 Å². The van der Waals surface area contributed by atoms with Gasteiger partial charge in [-0.2, -0.15) is 0 Å². The molecule has 0 fully saturated rings. The summed E-state index contributed by atoms with van der Waals surface area (Å²) in [6.45, 7) is 12.0. The van der Waals surface area contributed by atoms with Gasteiger partial charge < -0.3 is 9.84 Å². The number of ether oxygens (including phenoxy) is 1. The van der Waals surface area contributed by atoms with E-state index in [1.54, 1.807) is 20.8 Å². The molecule has 0 aliphatic carbocycles. The highest BCUT2D eigenvalue weighted by atomic mass is 16.6. The molecule has 0 radical (unpaired) electrons. The molecule has 132 valence electrons. The van der Waals surface area contributed by atoms with Crippen LogP contribution in [0.3, 0.4) is 0 Å². The first-order valence-electron chi connectivity index (χ1n) is 8.23. The van der Waals surface area contributed by atoms with Gasteiger partial charge in [-0.05, 0) is 42.9 Å². The molecule has 1 amide bonds. The lowest BCUT2D eigenvalue weighted by molar-refractivity contribution is -0.143. The molecule has 5 heteroatoms. The topological polar surface area (TPSA) is 66.8 Å². The van der Waals surface area contributed by atoms with E-state index >= 15 is 0 Å². The van der Waals surface area contributed by atoms with Crippen molar-refractivity contribution < 1.29 is 19.4 Å². The molecule has 1 unspecified atom stereocenters. The lowest BCUT2D eigenvalue weighted by atomic mass is 9.83. The number of hydrogen-bond donors (Lipinski definition) is 1. The predicted octanol–water partition coefficient (Wildman–Crippen LogP) is 3.73. The Bertz CT molecular complexity index is 652. The average molecular weight is 333 g/mol. The molecular formula is C19H27NO4. The van der Waals surface area contributed by atoms with Crippen molar-refractivity contribution in [3.05, 3.63) is 34.9 Å². The minimum Gasteiger partial charge on any atom is -0.480 e. The standard InChI is InChI=1S/C19H27NO4/c1-18(2,3)14-8-7-12-10-15(16(21)22)20(11-13(12)9-14)17(23)24-19(4,5)6/h7-9,15H,10-11H2,1-6H3,(H,21,22). The summed E-state index contributed by atoms with van der Waals surface area (Å²) in [5.41, 5.74) is 2.48. The third-order valence-electron chi connectivity index (χ3n) is 4.12. The molecule has 1 heterocycles. The van der Waals surface area contributed by atoms with Crippen LogP contribution in [0.1, 0.15) is 58.2 Å². The molecule has 1 aliphatic heterocycles. The summed E-state index contributed by atoms with van der Waals surface area (Å²) in [5.74, 6) is -1.01. The maximum atomic E-state index is 12.5. The largest absolute Gasteiger partial charge is 0.480 e. The van der Waals surface area contributed by atoms with Crippen molar-refractivity contribution in [1.82, 2.24) is 4.90 Å². The Kier molecular flexibility index (Phi) is 4.66. The van der Waals surface area contributed by atoms with Crippen LogP contribution in [0.15, 0.2) is 18.2 Å². The Morgan fingerprint density at radius 3 is 2.25 bits per heavy atom. The molecule has 2 rings (SSSR count). The Labute approximate surface area is 143 Å². The van der Waals surface area contributed by atoms with Gasteiger partial charge >= 0.3 is 12.1 Å². The van der Waals surface area contributed by atoms with Crippen LogP contribution < -0.4 is 0 Å². The Morgan fingerprint density at radius 2 is 1.75 bits per heavy atom. The van der Waals surface area contributed by atoms with Gasteiger partial charge in [-0.1, -0.05) is 39.0 Å². The summed E-state index contributed by atoms with van der Waals surface area (Å²) in [6.07, 6.45) is -0.282. The van der Waals surface area contributed by atoms with E-state index < -0.39 is 23.7 Å². The van der Waals surface area contributed by atoms with E-state index in [1.165, 1.54) is 10.5 Å². The summed E-state index contributed by atoms with van der Waals surface area (Å²) in [7, 11) is 0. The van der Waals surface area contributed by atoms with Gasteiger partial charge in [0.05, 0.1) is 6.54 Å². The third kappa shape index (κ3) is 4.08. The van der Waals surface area contributed by atoms with Crippen LogP contribution in [0.2, 0.25) is 0 Å². The molecule has 0 spiro atoms. The number of benzene rings is 1. The Balaban J connectivity index is 2.36. The van der Waals surface area contributed by atoms with Gasteiger partial charge in [-0.15, -0.1) is 0 Å².